The molecule has 0 saturated carbocycles. The Labute approximate surface area is 166 Å². The van der Waals surface area contributed by atoms with Gasteiger partial charge in [-0.25, -0.2) is 0 Å². The lowest BCUT2D eigenvalue weighted by molar-refractivity contribution is -0.207. The second-order valence-electron chi connectivity index (χ2n) is 6.78. The van der Waals surface area contributed by atoms with Gasteiger partial charge in [-0.2, -0.15) is 0 Å². The fourth-order valence-corrected chi connectivity index (χ4v) is 2.63. The molecule has 3 heteroatoms. The molecular formula is C24H38O3. The number of aliphatic hydroxyl groups is 1. The van der Waals surface area contributed by atoms with Crippen molar-refractivity contribution >= 4 is 0 Å². The van der Waals surface area contributed by atoms with Gasteiger partial charge < -0.3 is 14.6 Å². The van der Waals surface area contributed by atoms with Crippen LogP contribution in [-0.2, 0) is 9.47 Å². The van der Waals surface area contributed by atoms with Crippen molar-refractivity contribution in [2.24, 2.45) is 5.92 Å². The monoisotopic (exact) mass is 374 g/mol. The van der Waals surface area contributed by atoms with Crippen molar-refractivity contribution in [3.63, 3.8) is 0 Å². The molecule has 152 valence electrons. The van der Waals surface area contributed by atoms with Crippen molar-refractivity contribution in [1.82, 2.24) is 0 Å². The highest BCUT2D eigenvalue weighted by Crippen LogP contribution is 2.15. The Balaban J connectivity index is 1.92. The van der Waals surface area contributed by atoms with Crippen LogP contribution in [0.2, 0.25) is 0 Å². The number of hydrogen-bond acceptors (Lipinski definition) is 3. The molecule has 1 aliphatic rings. The van der Waals surface area contributed by atoms with E-state index in [4.69, 9.17) is 14.6 Å². The smallest absolute Gasteiger partial charge is 0.157 e. The lowest BCUT2D eigenvalue weighted by Crippen LogP contribution is -2.33. The summed E-state index contributed by atoms with van der Waals surface area (Å²) in [5.74, 6) is 0.146. The molecule has 1 fully saturated rings. The zero-order valence-corrected chi connectivity index (χ0v) is 17.0. The fraction of sp³-hybridized carbons (Fsp3) is 0.583. The normalized spacial score (nSPS) is 21.7. The highest BCUT2D eigenvalue weighted by atomic mass is 16.7. The van der Waals surface area contributed by atoms with Crippen LogP contribution in [0.3, 0.4) is 0 Å². The standard InChI is InChI=1S/C24H38O3/c1-2-3-4-5-6-7-8-9-10-11-12-13-14-15-16-17-18-19-24-26-21-23(20-25)22-27-24/h3-4,6-7,9-10,12-13,15-16,23-25H,2,5,8,11,14,17-22H2,1H3/b4-3-,7-6-,10-9-,13-12-,16-15-. The Kier molecular flexibility index (Phi) is 15.7. The molecule has 1 saturated heterocycles. The largest absolute Gasteiger partial charge is 0.396 e. The summed E-state index contributed by atoms with van der Waals surface area (Å²) in [5, 5.41) is 9.03. The van der Waals surface area contributed by atoms with E-state index >= 15 is 0 Å². The van der Waals surface area contributed by atoms with Crippen LogP contribution < -0.4 is 0 Å². The van der Waals surface area contributed by atoms with E-state index in [1.807, 2.05) is 0 Å². The first-order valence-electron chi connectivity index (χ1n) is 10.5. The van der Waals surface area contributed by atoms with Gasteiger partial charge in [-0.05, 0) is 51.4 Å². The molecule has 3 nitrogen and oxygen atoms in total. The number of hydrogen-bond donors (Lipinski definition) is 1. The molecule has 0 spiro atoms. The predicted octanol–water partition coefficient (Wildman–Crippen LogP) is 5.89. The van der Waals surface area contributed by atoms with Crippen LogP contribution in [0.5, 0.6) is 0 Å². The molecule has 0 amide bonds. The maximum Gasteiger partial charge on any atom is 0.157 e. The zero-order valence-electron chi connectivity index (χ0n) is 17.0. The molecule has 0 aromatic rings. The molecular weight excluding hydrogens is 336 g/mol. The SMILES string of the molecule is CC/C=C\C/C=C\C/C=C\C/C=C\C/C=C\CCCC1OCC(CO)CO1. The van der Waals surface area contributed by atoms with Crippen LogP contribution >= 0.6 is 0 Å². The molecule has 1 rings (SSSR count). The van der Waals surface area contributed by atoms with Crippen LogP contribution in [0.4, 0.5) is 0 Å². The first kappa shape index (κ1) is 23.6. The summed E-state index contributed by atoms with van der Waals surface area (Å²) < 4.78 is 11.2. The van der Waals surface area contributed by atoms with Gasteiger partial charge in [0.2, 0.25) is 0 Å². The number of aliphatic hydroxyl groups excluding tert-OH is 1. The zero-order chi connectivity index (χ0) is 19.4. The highest BCUT2D eigenvalue weighted by Gasteiger charge is 2.20. The van der Waals surface area contributed by atoms with Crippen LogP contribution in [0.1, 0.15) is 58.3 Å². The maximum absolute atomic E-state index is 9.03. The topological polar surface area (TPSA) is 38.7 Å². The minimum atomic E-state index is -0.0875. The van der Waals surface area contributed by atoms with Gasteiger partial charge in [0, 0.05) is 5.92 Å². The third-order valence-electron chi connectivity index (χ3n) is 4.26. The molecule has 27 heavy (non-hydrogen) atoms. The molecule has 1 N–H and O–H groups in total. The van der Waals surface area contributed by atoms with Gasteiger partial charge in [-0.3, -0.25) is 0 Å². The molecule has 0 unspecified atom stereocenters. The Bertz CT molecular complexity index is 466. The van der Waals surface area contributed by atoms with Gasteiger partial charge in [0.25, 0.3) is 0 Å². The number of rotatable bonds is 14. The molecule has 1 heterocycles. The molecule has 0 aromatic carbocycles. The van der Waals surface area contributed by atoms with Gasteiger partial charge in [0.1, 0.15) is 0 Å². The number of unbranched alkanes of at least 4 members (excludes halogenated alkanes) is 1. The quantitative estimate of drug-likeness (QED) is 0.304. The average Bonchev–Trinajstić information content (AvgIpc) is 2.70. The van der Waals surface area contributed by atoms with E-state index in [1.165, 1.54) is 0 Å². The molecule has 0 atom stereocenters. The van der Waals surface area contributed by atoms with Gasteiger partial charge >= 0.3 is 0 Å². The van der Waals surface area contributed by atoms with E-state index in [1.54, 1.807) is 0 Å². The number of ether oxygens (including phenoxy) is 2. The maximum atomic E-state index is 9.03. The Morgan fingerprint density at radius 1 is 0.741 bits per heavy atom. The Hall–Kier alpha value is -1.42. The van der Waals surface area contributed by atoms with Gasteiger partial charge in [-0.1, -0.05) is 67.7 Å². The summed E-state index contributed by atoms with van der Waals surface area (Å²) in [5.41, 5.74) is 0. The summed E-state index contributed by atoms with van der Waals surface area (Å²) in [4.78, 5) is 0. The van der Waals surface area contributed by atoms with E-state index < -0.39 is 0 Å². The summed E-state index contributed by atoms with van der Waals surface area (Å²) in [6, 6.07) is 0. The predicted molar refractivity (Wildman–Crippen MR) is 115 cm³/mol. The van der Waals surface area contributed by atoms with Gasteiger partial charge in [-0.15, -0.1) is 0 Å². The highest BCUT2D eigenvalue weighted by molar-refractivity contribution is 5.00. The molecule has 0 aromatic heterocycles. The molecule has 0 aliphatic carbocycles. The van der Waals surface area contributed by atoms with Crippen LogP contribution in [-0.4, -0.2) is 31.2 Å². The lowest BCUT2D eigenvalue weighted by Gasteiger charge is -2.28. The van der Waals surface area contributed by atoms with Gasteiger partial charge in [0.05, 0.1) is 19.8 Å². The summed E-state index contributed by atoms with van der Waals surface area (Å²) >= 11 is 0. The lowest BCUT2D eigenvalue weighted by atomic mass is 10.1. The van der Waals surface area contributed by atoms with Crippen LogP contribution in [0.15, 0.2) is 60.8 Å². The Morgan fingerprint density at radius 3 is 1.70 bits per heavy atom. The summed E-state index contributed by atoms with van der Waals surface area (Å²) in [6.07, 6.45) is 30.3. The Morgan fingerprint density at radius 2 is 1.22 bits per heavy atom. The second-order valence-corrected chi connectivity index (χ2v) is 6.78. The number of allylic oxidation sites excluding steroid dienone is 10. The molecule has 0 radical (unpaired) electrons. The van der Waals surface area contributed by atoms with Gasteiger partial charge in [0.15, 0.2) is 6.29 Å². The third-order valence-corrected chi connectivity index (χ3v) is 4.26. The molecule has 1 aliphatic heterocycles. The van der Waals surface area contributed by atoms with Crippen LogP contribution in [0, 0.1) is 5.92 Å². The molecule has 0 bridgehead atoms. The first-order valence-corrected chi connectivity index (χ1v) is 10.5. The van der Waals surface area contributed by atoms with Crippen molar-refractivity contribution in [3.05, 3.63) is 60.8 Å². The van der Waals surface area contributed by atoms with Crippen molar-refractivity contribution < 1.29 is 14.6 Å². The summed E-state index contributed by atoms with van der Waals surface area (Å²) in [6.45, 7) is 3.53. The average molecular weight is 375 g/mol. The summed E-state index contributed by atoms with van der Waals surface area (Å²) in [7, 11) is 0. The van der Waals surface area contributed by atoms with E-state index in [0.29, 0.717) is 13.2 Å². The minimum Gasteiger partial charge on any atom is -0.396 e. The van der Waals surface area contributed by atoms with Crippen molar-refractivity contribution in [2.45, 2.75) is 64.6 Å². The van der Waals surface area contributed by atoms with E-state index in [0.717, 1.165) is 51.4 Å². The van der Waals surface area contributed by atoms with Crippen LogP contribution in [0.25, 0.3) is 0 Å². The van der Waals surface area contributed by atoms with E-state index in [2.05, 4.69) is 67.7 Å². The van der Waals surface area contributed by atoms with Crippen molar-refractivity contribution in [2.75, 3.05) is 19.8 Å². The van der Waals surface area contributed by atoms with E-state index in [9.17, 15) is 0 Å². The fourth-order valence-electron chi connectivity index (χ4n) is 2.63. The van der Waals surface area contributed by atoms with E-state index in [-0.39, 0.29) is 18.8 Å². The third kappa shape index (κ3) is 14.3. The second kappa shape index (κ2) is 18.0. The van der Waals surface area contributed by atoms with Crippen molar-refractivity contribution in [1.29, 1.82) is 0 Å². The minimum absolute atomic E-state index is 0.0875. The first-order chi connectivity index (χ1) is 13.4. The van der Waals surface area contributed by atoms with Crippen molar-refractivity contribution in [3.8, 4) is 0 Å².